The van der Waals surface area contributed by atoms with Crippen molar-refractivity contribution in [3.8, 4) is 0 Å². The molecule has 2 amide bonds. The summed E-state index contributed by atoms with van der Waals surface area (Å²) in [6.07, 6.45) is 1.31. The Morgan fingerprint density at radius 3 is 2.55 bits per heavy atom. The summed E-state index contributed by atoms with van der Waals surface area (Å²) in [6.45, 7) is 1.69. The van der Waals surface area contributed by atoms with E-state index in [-0.39, 0.29) is 22.8 Å². The molecule has 1 saturated heterocycles. The molecule has 1 aliphatic rings. The van der Waals surface area contributed by atoms with E-state index >= 15 is 0 Å². The highest BCUT2D eigenvalue weighted by Crippen LogP contribution is 2.27. The molecule has 0 unspecified atom stereocenters. The summed E-state index contributed by atoms with van der Waals surface area (Å²) in [6, 6.07) is 10.8. The average Bonchev–Trinajstić information content (AvgIpc) is 3.13. The Balaban J connectivity index is 1.59. The number of carbonyl (C=O) groups excluding carboxylic acids is 3. The highest BCUT2D eigenvalue weighted by atomic mass is 16.6. The lowest BCUT2D eigenvalue weighted by molar-refractivity contribution is -0.384. The van der Waals surface area contributed by atoms with E-state index in [9.17, 15) is 24.5 Å². The summed E-state index contributed by atoms with van der Waals surface area (Å²) >= 11 is 0. The number of nitro benzene ring substituents is 1. The lowest BCUT2D eigenvalue weighted by Crippen LogP contribution is -2.24. The Hall–Kier alpha value is -3.75. The van der Waals surface area contributed by atoms with Crippen LogP contribution >= 0.6 is 0 Å². The zero-order chi connectivity index (χ0) is 21.0. The van der Waals surface area contributed by atoms with Crippen molar-refractivity contribution in [1.29, 1.82) is 0 Å². The third kappa shape index (κ3) is 4.57. The van der Waals surface area contributed by atoms with Crippen LogP contribution in [0, 0.1) is 17.0 Å². The van der Waals surface area contributed by atoms with Gasteiger partial charge in [0.15, 0.2) is 6.61 Å². The van der Waals surface area contributed by atoms with Crippen LogP contribution in [0.15, 0.2) is 42.5 Å². The van der Waals surface area contributed by atoms with Gasteiger partial charge in [-0.1, -0.05) is 12.1 Å². The lowest BCUT2D eigenvalue weighted by Gasteiger charge is -2.15. The molecule has 9 heteroatoms. The molecule has 0 radical (unpaired) electrons. The monoisotopic (exact) mass is 397 g/mol. The number of hydrogen-bond donors (Lipinski definition) is 1. The van der Waals surface area contributed by atoms with Crippen LogP contribution in [0.1, 0.15) is 28.8 Å². The molecule has 1 N–H and O–H groups in total. The van der Waals surface area contributed by atoms with E-state index in [1.54, 1.807) is 30.0 Å². The summed E-state index contributed by atoms with van der Waals surface area (Å²) in [7, 11) is 0. The number of para-hydroxylation sites is 1. The standard InChI is InChI=1S/C20H19N3O6/c1-13-4-2-5-16(23(27)28)19(13)21-17(24)12-29-20(26)14-7-9-15(10-8-14)22-11-3-6-18(22)25/h2,4-5,7-10H,3,6,11-12H2,1H3,(H,21,24). The van der Waals surface area contributed by atoms with Crippen molar-refractivity contribution in [3.05, 3.63) is 63.7 Å². The molecule has 150 valence electrons. The van der Waals surface area contributed by atoms with Gasteiger partial charge in [-0.25, -0.2) is 4.79 Å². The molecule has 9 nitrogen and oxygen atoms in total. The van der Waals surface area contributed by atoms with Crippen LogP contribution in [0.3, 0.4) is 0 Å². The third-order valence-corrected chi connectivity index (χ3v) is 4.53. The van der Waals surface area contributed by atoms with Gasteiger partial charge in [-0.15, -0.1) is 0 Å². The molecule has 3 rings (SSSR count). The molecule has 0 aromatic heterocycles. The first-order valence-corrected chi connectivity index (χ1v) is 8.98. The Morgan fingerprint density at radius 1 is 1.21 bits per heavy atom. The molecule has 1 fully saturated rings. The number of nitrogens with zero attached hydrogens (tertiary/aromatic N) is 2. The third-order valence-electron chi connectivity index (χ3n) is 4.53. The molecule has 2 aromatic rings. The second-order valence-electron chi connectivity index (χ2n) is 6.55. The quantitative estimate of drug-likeness (QED) is 0.455. The van der Waals surface area contributed by atoms with Crippen molar-refractivity contribution in [2.75, 3.05) is 23.4 Å². The van der Waals surface area contributed by atoms with Gasteiger partial charge in [0.2, 0.25) is 5.91 Å². The molecule has 0 saturated carbocycles. The Morgan fingerprint density at radius 2 is 1.93 bits per heavy atom. The van der Waals surface area contributed by atoms with Crippen LogP contribution in [0.4, 0.5) is 17.1 Å². The number of carbonyl (C=O) groups is 3. The maximum Gasteiger partial charge on any atom is 0.338 e. The van der Waals surface area contributed by atoms with Crippen LogP contribution in [0.2, 0.25) is 0 Å². The van der Waals surface area contributed by atoms with Gasteiger partial charge in [-0.2, -0.15) is 0 Å². The largest absolute Gasteiger partial charge is 0.452 e. The van der Waals surface area contributed by atoms with E-state index in [0.717, 1.165) is 6.42 Å². The molecule has 2 aromatic carbocycles. The predicted molar refractivity (Wildman–Crippen MR) is 105 cm³/mol. The van der Waals surface area contributed by atoms with Gasteiger partial charge in [-0.3, -0.25) is 19.7 Å². The lowest BCUT2D eigenvalue weighted by atomic mass is 10.1. The number of aryl methyl sites for hydroxylation is 1. The van der Waals surface area contributed by atoms with Gasteiger partial charge >= 0.3 is 5.97 Å². The highest BCUT2D eigenvalue weighted by molar-refractivity contribution is 5.98. The van der Waals surface area contributed by atoms with Crippen molar-refractivity contribution in [1.82, 2.24) is 0 Å². The number of hydrogen-bond acceptors (Lipinski definition) is 6. The summed E-state index contributed by atoms with van der Waals surface area (Å²) in [5, 5.41) is 13.5. The zero-order valence-electron chi connectivity index (χ0n) is 15.7. The van der Waals surface area contributed by atoms with Gasteiger partial charge in [-0.05, 0) is 43.2 Å². The molecule has 1 aliphatic heterocycles. The SMILES string of the molecule is Cc1cccc([N+](=O)[O-])c1NC(=O)COC(=O)c1ccc(N2CCCC2=O)cc1. The molecule has 1 heterocycles. The zero-order valence-corrected chi connectivity index (χ0v) is 15.7. The first kappa shape index (κ1) is 20.0. The number of nitro groups is 1. The molecule has 0 bridgehead atoms. The van der Waals surface area contributed by atoms with Crippen LogP contribution in [0.5, 0.6) is 0 Å². The summed E-state index contributed by atoms with van der Waals surface area (Å²) in [4.78, 5) is 48.1. The Bertz CT molecular complexity index is 971. The first-order valence-electron chi connectivity index (χ1n) is 8.98. The normalized spacial score (nSPS) is 13.3. The van der Waals surface area contributed by atoms with Crippen LogP contribution in [-0.4, -0.2) is 35.9 Å². The van der Waals surface area contributed by atoms with Crippen LogP contribution in [0.25, 0.3) is 0 Å². The van der Waals surface area contributed by atoms with Gasteiger partial charge in [0, 0.05) is 24.7 Å². The smallest absolute Gasteiger partial charge is 0.338 e. The highest BCUT2D eigenvalue weighted by Gasteiger charge is 2.22. The number of ether oxygens (including phenoxy) is 1. The van der Waals surface area contributed by atoms with E-state index in [1.807, 2.05) is 0 Å². The second-order valence-corrected chi connectivity index (χ2v) is 6.55. The second kappa shape index (κ2) is 8.51. The number of amides is 2. The number of esters is 1. The maximum atomic E-state index is 12.1. The predicted octanol–water partition coefficient (Wildman–Crippen LogP) is 2.83. The Kier molecular flexibility index (Phi) is 5.87. The van der Waals surface area contributed by atoms with Crippen molar-refractivity contribution in [2.24, 2.45) is 0 Å². The van der Waals surface area contributed by atoms with Gasteiger partial charge < -0.3 is 15.0 Å². The van der Waals surface area contributed by atoms with E-state index < -0.39 is 23.4 Å². The molecular formula is C20H19N3O6. The number of benzene rings is 2. The van der Waals surface area contributed by atoms with Crippen molar-refractivity contribution < 1.29 is 24.0 Å². The molecule has 0 aliphatic carbocycles. The van der Waals surface area contributed by atoms with Gasteiger partial charge in [0.05, 0.1) is 10.5 Å². The molecular weight excluding hydrogens is 378 g/mol. The fraction of sp³-hybridized carbons (Fsp3) is 0.250. The van der Waals surface area contributed by atoms with E-state index in [0.29, 0.717) is 24.2 Å². The first-order chi connectivity index (χ1) is 13.9. The number of anilines is 2. The molecule has 0 spiro atoms. The number of rotatable bonds is 6. The number of nitrogens with one attached hydrogen (secondary N) is 1. The minimum absolute atomic E-state index is 0.0438. The minimum atomic E-state index is -0.710. The molecule has 29 heavy (non-hydrogen) atoms. The topological polar surface area (TPSA) is 119 Å². The summed E-state index contributed by atoms with van der Waals surface area (Å²) in [5.74, 6) is -1.35. The van der Waals surface area contributed by atoms with Gasteiger partial charge in [0.1, 0.15) is 5.69 Å². The van der Waals surface area contributed by atoms with E-state index in [1.165, 1.54) is 24.3 Å². The van der Waals surface area contributed by atoms with Crippen molar-refractivity contribution in [2.45, 2.75) is 19.8 Å². The van der Waals surface area contributed by atoms with E-state index in [4.69, 9.17) is 4.74 Å². The summed E-state index contributed by atoms with van der Waals surface area (Å²) in [5.41, 5.74) is 1.28. The van der Waals surface area contributed by atoms with Crippen LogP contribution in [-0.2, 0) is 14.3 Å². The van der Waals surface area contributed by atoms with E-state index in [2.05, 4.69) is 5.32 Å². The maximum absolute atomic E-state index is 12.1. The average molecular weight is 397 g/mol. The fourth-order valence-corrected chi connectivity index (χ4v) is 3.06. The van der Waals surface area contributed by atoms with Crippen molar-refractivity contribution in [3.63, 3.8) is 0 Å². The fourth-order valence-electron chi connectivity index (χ4n) is 3.06. The van der Waals surface area contributed by atoms with Crippen molar-refractivity contribution >= 4 is 34.8 Å². The Labute approximate surface area is 166 Å². The molecule has 0 atom stereocenters. The van der Waals surface area contributed by atoms with Gasteiger partial charge in [0.25, 0.3) is 11.6 Å². The minimum Gasteiger partial charge on any atom is -0.452 e. The van der Waals surface area contributed by atoms with Crippen LogP contribution < -0.4 is 10.2 Å². The summed E-state index contributed by atoms with van der Waals surface area (Å²) < 4.78 is 4.99.